The van der Waals surface area contributed by atoms with Crippen molar-refractivity contribution in [1.82, 2.24) is 0 Å². The van der Waals surface area contributed by atoms with E-state index in [1.165, 1.54) is 19.2 Å². The van der Waals surface area contributed by atoms with Gasteiger partial charge in [0.05, 0.1) is 7.11 Å². The molecule has 0 radical (unpaired) electrons. The first-order valence-electron chi connectivity index (χ1n) is 6.55. The van der Waals surface area contributed by atoms with Crippen LogP contribution in [-0.4, -0.2) is 13.2 Å². The van der Waals surface area contributed by atoms with Crippen LogP contribution in [0, 0.1) is 5.82 Å². The monoisotopic (exact) mass is 288 g/mol. The van der Waals surface area contributed by atoms with E-state index in [0.717, 1.165) is 11.3 Å². The first-order chi connectivity index (χ1) is 10.1. The van der Waals surface area contributed by atoms with Crippen molar-refractivity contribution >= 4 is 17.5 Å². The zero-order chi connectivity index (χ0) is 15.2. The number of anilines is 2. The van der Waals surface area contributed by atoms with Crippen molar-refractivity contribution in [1.29, 1.82) is 0 Å². The summed E-state index contributed by atoms with van der Waals surface area (Å²) in [6.07, 6.45) is -0.515. The van der Waals surface area contributed by atoms with Gasteiger partial charge >= 0.3 is 6.09 Å². The van der Waals surface area contributed by atoms with Crippen molar-refractivity contribution < 1.29 is 13.9 Å². The molecular formula is C16H17FN2O2. The molecule has 1 amide bonds. The Morgan fingerprint density at radius 1 is 1.14 bits per heavy atom. The molecule has 2 aromatic rings. The minimum absolute atomic E-state index is 0.0129. The molecule has 0 fully saturated rings. The molecule has 5 heteroatoms. The predicted octanol–water partition coefficient (Wildman–Crippen LogP) is 4.18. The molecule has 4 nitrogen and oxygen atoms in total. The molecule has 0 aliphatic heterocycles. The highest BCUT2D eigenvalue weighted by atomic mass is 19.1. The van der Waals surface area contributed by atoms with E-state index in [9.17, 15) is 9.18 Å². The summed E-state index contributed by atoms with van der Waals surface area (Å²) in [5, 5.41) is 5.90. The fourth-order valence-corrected chi connectivity index (χ4v) is 1.94. The van der Waals surface area contributed by atoms with Crippen LogP contribution in [0.5, 0.6) is 0 Å². The van der Waals surface area contributed by atoms with Crippen LogP contribution in [-0.2, 0) is 4.74 Å². The zero-order valence-electron chi connectivity index (χ0n) is 11.9. The molecule has 1 unspecified atom stereocenters. The van der Waals surface area contributed by atoms with Gasteiger partial charge in [-0.3, -0.25) is 5.32 Å². The molecule has 0 aliphatic rings. The SMILES string of the molecule is COC(=O)Nc1cccc(NC(C)c2ccc(F)cc2)c1. The van der Waals surface area contributed by atoms with E-state index in [2.05, 4.69) is 15.4 Å². The van der Waals surface area contributed by atoms with E-state index in [1.54, 1.807) is 24.3 Å². The normalized spacial score (nSPS) is 11.6. The van der Waals surface area contributed by atoms with E-state index in [1.807, 2.05) is 19.1 Å². The average molecular weight is 288 g/mol. The number of rotatable bonds is 4. The maximum absolute atomic E-state index is 12.9. The van der Waals surface area contributed by atoms with Gasteiger partial charge in [0.25, 0.3) is 0 Å². The highest BCUT2D eigenvalue weighted by Gasteiger charge is 2.07. The molecule has 0 saturated carbocycles. The van der Waals surface area contributed by atoms with Gasteiger partial charge in [0.2, 0.25) is 0 Å². The molecule has 2 aromatic carbocycles. The third-order valence-corrected chi connectivity index (χ3v) is 3.05. The van der Waals surface area contributed by atoms with Gasteiger partial charge in [-0.15, -0.1) is 0 Å². The largest absolute Gasteiger partial charge is 0.453 e. The van der Waals surface area contributed by atoms with Gasteiger partial charge in [0.15, 0.2) is 0 Å². The second kappa shape index (κ2) is 6.74. The molecule has 110 valence electrons. The molecule has 21 heavy (non-hydrogen) atoms. The summed E-state index contributed by atoms with van der Waals surface area (Å²) in [6.45, 7) is 1.98. The number of methoxy groups -OCH3 is 1. The van der Waals surface area contributed by atoms with Crippen molar-refractivity contribution in [2.24, 2.45) is 0 Å². The summed E-state index contributed by atoms with van der Waals surface area (Å²) in [7, 11) is 1.31. The Hall–Kier alpha value is -2.56. The third-order valence-electron chi connectivity index (χ3n) is 3.05. The van der Waals surface area contributed by atoms with Crippen LogP contribution < -0.4 is 10.6 Å². The standard InChI is InChI=1S/C16H17FN2O2/c1-11(12-6-8-13(17)9-7-12)18-14-4-3-5-15(10-14)19-16(20)21-2/h3-11,18H,1-2H3,(H,19,20). The number of ether oxygens (including phenoxy) is 1. The Kier molecular flexibility index (Phi) is 4.77. The van der Waals surface area contributed by atoms with Gasteiger partial charge in [-0.25, -0.2) is 9.18 Å². The van der Waals surface area contributed by atoms with E-state index in [4.69, 9.17) is 0 Å². The second-order valence-corrected chi connectivity index (χ2v) is 4.61. The van der Waals surface area contributed by atoms with Crippen molar-refractivity contribution in [3.63, 3.8) is 0 Å². The van der Waals surface area contributed by atoms with Gasteiger partial charge in [0, 0.05) is 17.4 Å². The lowest BCUT2D eigenvalue weighted by Crippen LogP contribution is -2.11. The Morgan fingerprint density at radius 3 is 2.48 bits per heavy atom. The van der Waals surface area contributed by atoms with Crippen LogP contribution in [0.25, 0.3) is 0 Å². The van der Waals surface area contributed by atoms with Crippen LogP contribution in [0.2, 0.25) is 0 Å². The Morgan fingerprint density at radius 2 is 1.81 bits per heavy atom. The number of carbonyl (C=O) groups is 1. The molecule has 0 heterocycles. The number of halogens is 1. The lowest BCUT2D eigenvalue weighted by molar-refractivity contribution is 0.187. The topological polar surface area (TPSA) is 50.4 Å². The fraction of sp³-hybridized carbons (Fsp3) is 0.188. The quantitative estimate of drug-likeness (QED) is 0.887. The van der Waals surface area contributed by atoms with E-state index < -0.39 is 6.09 Å². The molecule has 1 atom stereocenters. The number of nitrogens with one attached hydrogen (secondary N) is 2. The number of amides is 1. The molecule has 0 saturated heterocycles. The van der Waals surface area contributed by atoms with Crippen LogP contribution in [0.4, 0.5) is 20.6 Å². The van der Waals surface area contributed by atoms with Gasteiger partial charge in [-0.2, -0.15) is 0 Å². The lowest BCUT2D eigenvalue weighted by Gasteiger charge is -2.16. The summed E-state index contributed by atoms with van der Waals surface area (Å²) in [5.41, 5.74) is 2.46. The van der Waals surface area contributed by atoms with Crippen molar-refractivity contribution in [2.75, 3.05) is 17.7 Å². The summed E-state index contributed by atoms with van der Waals surface area (Å²) >= 11 is 0. The number of carbonyl (C=O) groups excluding carboxylic acids is 1. The van der Waals surface area contributed by atoms with Gasteiger partial charge in [0.1, 0.15) is 5.82 Å². The van der Waals surface area contributed by atoms with E-state index in [0.29, 0.717) is 5.69 Å². The first kappa shape index (κ1) is 14.8. The van der Waals surface area contributed by atoms with E-state index >= 15 is 0 Å². The fourth-order valence-electron chi connectivity index (χ4n) is 1.94. The summed E-state index contributed by atoms with van der Waals surface area (Å²) in [6, 6.07) is 13.6. The average Bonchev–Trinajstić information content (AvgIpc) is 2.48. The molecule has 2 rings (SSSR count). The maximum atomic E-state index is 12.9. The third kappa shape index (κ3) is 4.21. The second-order valence-electron chi connectivity index (χ2n) is 4.61. The number of benzene rings is 2. The van der Waals surface area contributed by atoms with Crippen molar-refractivity contribution in [3.8, 4) is 0 Å². The number of hydrogen-bond donors (Lipinski definition) is 2. The molecule has 0 aliphatic carbocycles. The van der Waals surface area contributed by atoms with Crippen molar-refractivity contribution in [2.45, 2.75) is 13.0 Å². The summed E-state index contributed by atoms with van der Waals surface area (Å²) < 4.78 is 17.5. The van der Waals surface area contributed by atoms with Crippen LogP contribution in [0.3, 0.4) is 0 Å². The molecule has 2 N–H and O–H groups in total. The van der Waals surface area contributed by atoms with Gasteiger partial charge < -0.3 is 10.1 Å². The predicted molar refractivity (Wildman–Crippen MR) is 80.9 cm³/mol. The minimum Gasteiger partial charge on any atom is -0.453 e. The zero-order valence-corrected chi connectivity index (χ0v) is 11.9. The highest BCUT2D eigenvalue weighted by Crippen LogP contribution is 2.22. The lowest BCUT2D eigenvalue weighted by atomic mass is 10.1. The first-order valence-corrected chi connectivity index (χ1v) is 6.55. The number of hydrogen-bond acceptors (Lipinski definition) is 3. The molecular weight excluding hydrogens is 271 g/mol. The van der Waals surface area contributed by atoms with Crippen LogP contribution in [0.15, 0.2) is 48.5 Å². The van der Waals surface area contributed by atoms with Gasteiger partial charge in [-0.05, 0) is 42.8 Å². The van der Waals surface area contributed by atoms with Crippen LogP contribution in [0.1, 0.15) is 18.5 Å². The molecule has 0 aromatic heterocycles. The molecule has 0 spiro atoms. The van der Waals surface area contributed by atoms with Gasteiger partial charge in [-0.1, -0.05) is 18.2 Å². The smallest absolute Gasteiger partial charge is 0.411 e. The maximum Gasteiger partial charge on any atom is 0.411 e. The summed E-state index contributed by atoms with van der Waals surface area (Å²) in [5.74, 6) is -0.254. The van der Waals surface area contributed by atoms with E-state index in [-0.39, 0.29) is 11.9 Å². The Balaban J connectivity index is 2.06. The summed E-state index contributed by atoms with van der Waals surface area (Å²) in [4.78, 5) is 11.2. The minimum atomic E-state index is -0.515. The van der Waals surface area contributed by atoms with Crippen molar-refractivity contribution in [3.05, 3.63) is 59.9 Å². The Labute approximate surface area is 122 Å². The molecule has 0 bridgehead atoms. The highest BCUT2D eigenvalue weighted by molar-refractivity contribution is 5.85. The Bertz CT molecular complexity index is 614. The van der Waals surface area contributed by atoms with Crippen LogP contribution >= 0.6 is 0 Å².